The Kier molecular flexibility index (Phi) is 5.13. The fourth-order valence-electron chi connectivity index (χ4n) is 2.36. The van der Waals surface area contributed by atoms with E-state index in [0.29, 0.717) is 12.1 Å². The monoisotopic (exact) mass is 336 g/mol. The molecule has 0 aromatic heterocycles. The van der Waals surface area contributed by atoms with Crippen molar-refractivity contribution < 1.29 is 18.1 Å². The van der Waals surface area contributed by atoms with Crippen molar-refractivity contribution in [3.8, 4) is 0 Å². The van der Waals surface area contributed by atoms with Gasteiger partial charge in [0.05, 0.1) is 5.69 Å². The summed E-state index contributed by atoms with van der Waals surface area (Å²) in [5, 5.41) is 18.6. The van der Waals surface area contributed by atoms with Crippen LogP contribution in [0.4, 0.5) is 5.69 Å². The highest BCUT2D eigenvalue weighted by Gasteiger charge is 2.45. The predicted molar refractivity (Wildman–Crippen MR) is 87.9 cm³/mol. The molecule has 0 radical (unpaired) electrons. The zero-order chi connectivity index (χ0) is 17.1. The molecule has 2 rings (SSSR count). The fourth-order valence-corrected chi connectivity index (χ4v) is 3.17. The highest BCUT2D eigenvalue weighted by Crippen LogP contribution is 2.36. The van der Waals surface area contributed by atoms with Crippen molar-refractivity contribution in [1.82, 2.24) is 0 Å². The van der Waals surface area contributed by atoms with Crippen molar-refractivity contribution >= 4 is 15.8 Å². The van der Waals surface area contributed by atoms with E-state index >= 15 is 0 Å². The summed E-state index contributed by atoms with van der Waals surface area (Å²) in [5.41, 5.74) is 0.886. The molecule has 0 aliphatic heterocycles. The Labute approximate surface area is 136 Å². The third kappa shape index (κ3) is 3.74. The van der Waals surface area contributed by atoms with Crippen LogP contribution in [0.2, 0.25) is 0 Å². The number of hydrogen-bond donors (Lipinski definition) is 2. The van der Waals surface area contributed by atoms with E-state index in [1.54, 1.807) is 19.1 Å². The zero-order valence-corrected chi connectivity index (χ0v) is 13.8. The maximum absolute atomic E-state index is 11.6. The van der Waals surface area contributed by atoms with Crippen LogP contribution in [0.15, 0.2) is 64.4 Å². The number of nitrogens with zero attached hydrogens (tertiary/aromatic N) is 2. The van der Waals surface area contributed by atoms with Gasteiger partial charge >= 0.3 is 10.1 Å². The zero-order valence-electron chi connectivity index (χ0n) is 13.0. The van der Waals surface area contributed by atoms with Gasteiger partial charge in [-0.1, -0.05) is 44.2 Å². The van der Waals surface area contributed by atoms with Crippen molar-refractivity contribution in [3.63, 3.8) is 0 Å². The molecule has 1 aromatic carbocycles. The molecule has 1 aromatic rings. The normalized spacial score (nSPS) is 26.3. The number of benzene rings is 1. The lowest BCUT2D eigenvalue weighted by molar-refractivity contribution is 0.180. The average molecular weight is 336 g/mol. The second kappa shape index (κ2) is 6.74. The molecule has 1 aliphatic rings. The van der Waals surface area contributed by atoms with Gasteiger partial charge in [-0.3, -0.25) is 4.55 Å². The summed E-state index contributed by atoms with van der Waals surface area (Å²) in [5.74, 6) is -0.235. The Morgan fingerprint density at radius 3 is 2.52 bits per heavy atom. The molecule has 0 heterocycles. The van der Waals surface area contributed by atoms with Gasteiger partial charge < -0.3 is 5.11 Å². The standard InChI is InChI=1S/C16H20N2O4S/c1-3-12(2)15-11-14(9-10-16(15,19)23(20,21)22)18-17-13-7-5-4-6-8-13/h4-12,14,19H,3H2,1-2H3,(H,20,21,22)/b18-17+. The first-order valence-corrected chi connectivity index (χ1v) is 8.78. The molecule has 6 nitrogen and oxygen atoms in total. The van der Waals surface area contributed by atoms with E-state index in [4.69, 9.17) is 0 Å². The summed E-state index contributed by atoms with van der Waals surface area (Å²) in [6, 6.07) is 8.63. The van der Waals surface area contributed by atoms with E-state index in [1.807, 2.05) is 25.1 Å². The summed E-state index contributed by atoms with van der Waals surface area (Å²) in [4.78, 5) is -2.40. The van der Waals surface area contributed by atoms with E-state index in [-0.39, 0.29) is 11.5 Å². The molecule has 23 heavy (non-hydrogen) atoms. The predicted octanol–water partition coefficient (Wildman–Crippen LogP) is 3.26. The van der Waals surface area contributed by atoms with Gasteiger partial charge in [0, 0.05) is 0 Å². The van der Waals surface area contributed by atoms with E-state index in [9.17, 15) is 18.1 Å². The molecule has 3 unspecified atom stereocenters. The summed E-state index contributed by atoms with van der Waals surface area (Å²) in [7, 11) is -4.69. The topological polar surface area (TPSA) is 99.3 Å². The minimum absolute atomic E-state index is 0.210. The number of azo groups is 1. The third-order valence-electron chi connectivity index (χ3n) is 3.88. The van der Waals surface area contributed by atoms with Crippen LogP contribution in [-0.4, -0.2) is 29.1 Å². The first-order valence-electron chi connectivity index (χ1n) is 7.34. The van der Waals surface area contributed by atoms with Crippen LogP contribution >= 0.6 is 0 Å². The van der Waals surface area contributed by atoms with Crippen LogP contribution in [0.5, 0.6) is 0 Å². The Hall–Kier alpha value is -1.83. The first-order chi connectivity index (χ1) is 10.8. The van der Waals surface area contributed by atoms with Crippen molar-refractivity contribution in [3.05, 3.63) is 54.1 Å². The number of hydrogen-bond acceptors (Lipinski definition) is 5. The second-order valence-electron chi connectivity index (χ2n) is 5.50. The molecule has 1 aliphatic carbocycles. The van der Waals surface area contributed by atoms with Gasteiger partial charge in [0.2, 0.25) is 4.93 Å². The van der Waals surface area contributed by atoms with E-state index in [2.05, 4.69) is 10.2 Å². The lowest BCUT2D eigenvalue weighted by Crippen LogP contribution is -2.42. The molecule has 2 N–H and O–H groups in total. The molecule has 0 amide bonds. The van der Waals surface area contributed by atoms with Crippen LogP contribution in [-0.2, 0) is 10.1 Å². The maximum atomic E-state index is 11.6. The molecule has 7 heteroatoms. The minimum Gasteiger partial charge on any atom is -0.366 e. The molecular formula is C16H20N2O4S. The fraction of sp³-hybridized carbons (Fsp3) is 0.375. The maximum Gasteiger partial charge on any atom is 0.303 e. The second-order valence-corrected chi connectivity index (χ2v) is 7.08. The van der Waals surface area contributed by atoms with Gasteiger partial charge in [-0.05, 0) is 36.1 Å². The minimum atomic E-state index is -4.69. The smallest absolute Gasteiger partial charge is 0.303 e. The molecule has 0 saturated carbocycles. The third-order valence-corrected chi connectivity index (χ3v) is 5.04. The molecule has 0 spiro atoms. The molecule has 0 bridgehead atoms. The Bertz CT molecular complexity index is 741. The van der Waals surface area contributed by atoms with Gasteiger partial charge in [-0.25, -0.2) is 0 Å². The Morgan fingerprint density at radius 1 is 1.30 bits per heavy atom. The van der Waals surface area contributed by atoms with Crippen LogP contribution in [0.1, 0.15) is 20.3 Å². The van der Waals surface area contributed by atoms with Crippen LogP contribution in [0, 0.1) is 5.92 Å². The lowest BCUT2D eigenvalue weighted by Gasteiger charge is -2.31. The van der Waals surface area contributed by atoms with Gasteiger partial charge in [0.1, 0.15) is 6.04 Å². The summed E-state index contributed by atoms with van der Waals surface area (Å²) < 4.78 is 32.6. The quantitative estimate of drug-likeness (QED) is 0.490. The largest absolute Gasteiger partial charge is 0.366 e. The summed E-state index contributed by atoms with van der Waals surface area (Å²) in [6.07, 6.45) is 4.62. The average Bonchev–Trinajstić information content (AvgIpc) is 2.53. The van der Waals surface area contributed by atoms with Crippen molar-refractivity contribution in [2.75, 3.05) is 0 Å². The van der Waals surface area contributed by atoms with Gasteiger partial charge in [0.15, 0.2) is 0 Å². The molecule has 124 valence electrons. The van der Waals surface area contributed by atoms with Crippen molar-refractivity contribution in [2.45, 2.75) is 31.2 Å². The Balaban J connectivity index is 2.34. The molecule has 0 fully saturated rings. The summed E-state index contributed by atoms with van der Waals surface area (Å²) >= 11 is 0. The van der Waals surface area contributed by atoms with E-state index in [1.165, 1.54) is 12.2 Å². The van der Waals surface area contributed by atoms with Gasteiger partial charge in [-0.2, -0.15) is 18.6 Å². The lowest BCUT2D eigenvalue weighted by atomic mass is 9.88. The van der Waals surface area contributed by atoms with E-state index < -0.39 is 21.1 Å². The van der Waals surface area contributed by atoms with E-state index in [0.717, 1.165) is 6.08 Å². The SMILES string of the molecule is CCC(C)C1=CC(/N=N/c2ccccc2)C=CC1(O)S(=O)(=O)O. The van der Waals surface area contributed by atoms with Crippen molar-refractivity contribution in [1.29, 1.82) is 0 Å². The van der Waals surface area contributed by atoms with Gasteiger partial charge in [0.25, 0.3) is 0 Å². The molecular weight excluding hydrogens is 316 g/mol. The van der Waals surface area contributed by atoms with Crippen molar-refractivity contribution in [2.24, 2.45) is 16.1 Å². The number of rotatable bonds is 5. The first kappa shape index (κ1) is 17.5. The number of aliphatic hydroxyl groups is 1. The highest BCUT2D eigenvalue weighted by molar-refractivity contribution is 7.87. The summed E-state index contributed by atoms with van der Waals surface area (Å²) in [6.45, 7) is 3.65. The highest BCUT2D eigenvalue weighted by atomic mass is 32.2. The van der Waals surface area contributed by atoms with Crippen LogP contribution < -0.4 is 0 Å². The van der Waals surface area contributed by atoms with Crippen LogP contribution in [0.3, 0.4) is 0 Å². The molecule has 3 atom stereocenters. The van der Waals surface area contributed by atoms with Crippen LogP contribution in [0.25, 0.3) is 0 Å². The Morgan fingerprint density at radius 2 is 1.96 bits per heavy atom. The molecule has 0 saturated heterocycles. The van der Waals surface area contributed by atoms with Gasteiger partial charge in [-0.15, -0.1) is 0 Å².